The summed E-state index contributed by atoms with van der Waals surface area (Å²) in [6.07, 6.45) is 25.0. The number of hydrogen-bond donors (Lipinski definition) is 0. The van der Waals surface area contributed by atoms with Crippen molar-refractivity contribution in [3.8, 4) is 22.3 Å². The summed E-state index contributed by atoms with van der Waals surface area (Å²) in [7, 11) is 0. The van der Waals surface area contributed by atoms with Gasteiger partial charge < -0.3 is 0 Å². The molecule has 2 fully saturated rings. The van der Waals surface area contributed by atoms with Gasteiger partial charge in [0.2, 0.25) is 0 Å². The number of hydrogen-bond acceptors (Lipinski definition) is 0. The molecule has 0 amide bonds. The van der Waals surface area contributed by atoms with E-state index in [-0.39, 0.29) is 35.6 Å². The fraction of sp³-hybridized carbons (Fsp3) is 0.500. The van der Waals surface area contributed by atoms with Crippen LogP contribution in [0.25, 0.3) is 34.4 Å². The Morgan fingerprint density at radius 1 is 0.483 bits per heavy atom. The summed E-state index contributed by atoms with van der Waals surface area (Å²) >= 11 is -3.89. The predicted molar refractivity (Wildman–Crippen MR) is 269 cm³/mol. The second-order valence-corrected chi connectivity index (χ2v) is 53.1. The van der Waals surface area contributed by atoms with Crippen LogP contribution in [0.2, 0.25) is 9.26 Å². The van der Waals surface area contributed by atoms with Crippen LogP contribution in [0, 0.1) is 11.8 Å². The molecule has 8 rings (SSSR count). The zero-order chi connectivity index (χ0) is 40.9. The van der Waals surface area contributed by atoms with Gasteiger partial charge in [0.15, 0.2) is 0 Å². The van der Waals surface area contributed by atoms with Crippen molar-refractivity contribution in [1.29, 1.82) is 0 Å². The number of rotatable bonds is 8. The third-order valence-corrected chi connectivity index (χ3v) is 32.8. The molecule has 4 aliphatic carbocycles. The van der Waals surface area contributed by atoms with Crippen molar-refractivity contribution < 1.29 is 17.4 Å². The van der Waals surface area contributed by atoms with Gasteiger partial charge >= 0.3 is 359 Å². The first-order valence-corrected chi connectivity index (χ1v) is 37.2. The van der Waals surface area contributed by atoms with Crippen LogP contribution in [0.1, 0.15) is 172 Å². The SMILES string of the molecule is CC(C)(C)c1ccc(-c2cccc3c2C=C(CC2CCCCCC2)[CH]3[Zr]([CH3])([CH3])(=[SiH2])[CH]2C(CC3CCCCCC3)=Cc3c(-c4ccc(C(C)(C)C)cc4)cccc32)cc1.Cl.Cl. The molecule has 0 spiro atoms. The monoisotopic (exact) mass is 936 g/mol. The van der Waals surface area contributed by atoms with Gasteiger partial charge in [-0.25, -0.2) is 0 Å². The molecular weight excluding hydrogens is 863 g/mol. The van der Waals surface area contributed by atoms with Crippen molar-refractivity contribution in [3.05, 3.63) is 129 Å². The van der Waals surface area contributed by atoms with E-state index in [9.17, 15) is 0 Å². The Bertz CT molecular complexity index is 2080. The Hall–Kier alpha value is -1.96. The molecule has 322 valence electrons. The minimum atomic E-state index is -3.89. The summed E-state index contributed by atoms with van der Waals surface area (Å²) in [4.78, 5) is 0. The van der Waals surface area contributed by atoms with Gasteiger partial charge in [-0.2, -0.15) is 0 Å². The molecule has 0 saturated heterocycles. The van der Waals surface area contributed by atoms with Crippen molar-refractivity contribution in [3.63, 3.8) is 0 Å². The van der Waals surface area contributed by atoms with E-state index in [4.69, 9.17) is 0 Å². The summed E-state index contributed by atoms with van der Waals surface area (Å²) in [5.74, 6) is 1.63. The predicted octanol–water partition coefficient (Wildman–Crippen LogP) is 17.1. The second-order valence-electron chi connectivity index (χ2n) is 22.6. The number of halogens is 2. The minimum absolute atomic E-state index is 0. The molecule has 2 saturated carbocycles. The van der Waals surface area contributed by atoms with Crippen LogP contribution < -0.4 is 0 Å². The van der Waals surface area contributed by atoms with E-state index in [0.29, 0.717) is 7.25 Å². The van der Waals surface area contributed by atoms with Crippen LogP contribution in [-0.2, 0) is 28.2 Å². The van der Waals surface area contributed by atoms with E-state index in [1.165, 1.54) is 134 Å². The smallest absolute Gasteiger partial charge is 0.147 e. The van der Waals surface area contributed by atoms with E-state index in [1.807, 2.05) is 0 Å². The van der Waals surface area contributed by atoms with Crippen LogP contribution in [0.5, 0.6) is 0 Å². The first kappa shape index (κ1) is 47.5. The third-order valence-electron chi connectivity index (χ3n) is 15.3. The van der Waals surface area contributed by atoms with Crippen molar-refractivity contribution in [2.24, 2.45) is 11.8 Å². The summed E-state index contributed by atoms with van der Waals surface area (Å²) in [6, 6.07) is 34.0. The Morgan fingerprint density at radius 3 is 1.13 bits per heavy atom. The van der Waals surface area contributed by atoms with Crippen LogP contribution in [-0.4, -0.2) is 6.88 Å². The van der Waals surface area contributed by atoms with E-state index >= 15 is 0 Å². The number of benzene rings is 4. The average molecular weight is 939 g/mol. The Kier molecular flexibility index (Phi) is 14.8. The third kappa shape index (κ3) is 9.74. The Labute approximate surface area is 380 Å². The minimum Gasteiger partial charge on any atom is -0.147 e. The van der Waals surface area contributed by atoms with Gasteiger partial charge in [-0.1, -0.05) is 0 Å². The molecule has 4 heteroatoms. The maximum atomic E-state index is 2.91. The fourth-order valence-corrected chi connectivity index (χ4v) is 32.1. The van der Waals surface area contributed by atoms with Crippen molar-refractivity contribution >= 4 is 43.8 Å². The first-order valence-electron chi connectivity index (χ1n) is 23.5. The zero-order valence-electron chi connectivity index (χ0n) is 38.5. The van der Waals surface area contributed by atoms with E-state index in [1.54, 1.807) is 22.3 Å². The topological polar surface area (TPSA) is 0 Å². The van der Waals surface area contributed by atoms with Gasteiger partial charge in [0.05, 0.1) is 0 Å². The van der Waals surface area contributed by atoms with Gasteiger partial charge in [-0.3, -0.25) is 0 Å². The summed E-state index contributed by atoms with van der Waals surface area (Å²) in [5, 5.41) is 0. The molecule has 4 aromatic rings. The van der Waals surface area contributed by atoms with Gasteiger partial charge in [0, 0.05) is 0 Å². The zero-order valence-corrected chi connectivity index (χ0v) is 44.0. The van der Waals surface area contributed by atoms with Crippen molar-refractivity contribution in [2.45, 2.75) is 159 Å². The molecule has 4 aromatic carbocycles. The first-order chi connectivity index (χ1) is 27.6. The summed E-state index contributed by atoms with van der Waals surface area (Å²) in [5.41, 5.74) is 18.7. The maximum Gasteiger partial charge on any atom is -0.147 e. The molecule has 60 heavy (non-hydrogen) atoms. The normalized spacial score (nSPS) is 20.5. The van der Waals surface area contributed by atoms with Crippen LogP contribution >= 0.6 is 24.8 Å². The fourth-order valence-electron chi connectivity index (χ4n) is 12.3. The van der Waals surface area contributed by atoms with Gasteiger partial charge in [-0.15, -0.1) is 24.8 Å². The molecule has 2 unspecified atom stereocenters. The summed E-state index contributed by atoms with van der Waals surface area (Å²) < 4.78 is 6.93. The number of allylic oxidation sites excluding steroid dienone is 2. The molecule has 0 N–H and O–H groups in total. The summed E-state index contributed by atoms with van der Waals surface area (Å²) in [6.45, 7) is 16.6. The van der Waals surface area contributed by atoms with E-state index in [0.717, 1.165) is 11.8 Å². The van der Waals surface area contributed by atoms with Crippen LogP contribution in [0.3, 0.4) is 0 Å². The molecule has 0 heterocycles. The quantitative estimate of drug-likeness (QED) is 0.122. The molecule has 0 aromatic heterocycles. The molecule has 0 aliphatic heterocycles. The molecule has 2 atom stereocenters. The number of fused-ring (bicyclic) bond motifs is 2. The molecule has 0 nitrogen and oxygen atoms in total. The molecule has 0 radical (unpaired) electrons. The Morgan fingerprint density at radius 2 is 0.817 bits per heavy atom. The molecule has 0 bridgehead atoms. The van der Waals surface area contributed by atoms with E-state index < -0.39 is 17.4 Å². The van der Waals surface area contributed by atoms with Gasteiger partial charge in [0.25, 0.3) is 0 Å². The second kappa shape index (κ2) is 18.6. The van der Waals surface area contributed by atoms with E-state index in [2.05, 4.69) is 155 Å². The molecule has 4 aliphatic rings. The largest absolute Gasteiger partial charge is 0.147 e. The van der Waals surface area contributed by atoms with Gasteiger partial charge in [-0.05, 0) is 0 Å². The van der Waals surface area contributed by atoms with Gasteiger partial charge in [0.1, 0.15) is 0 Å². The average Bonchev–Trinajstić information content (AvgIpc) is 3.49. The maximum absolute atomic E-state index is 3.89. The van der Waals surface area contributed by atoms with Crippen LogP contribution in [0.15, 0.2) is 96.1 Å². The standard InChI is InChI=1S/2C27H33.2CH3.2ClH.H2Si.Zr/c2*1-27(2,3)24-15-13-22(14-16-24)25-12-8-11-23-18-21(19-26(23)25)17-20-9-6-4-5-7-10-20;;;;;;/h2*8,11-16,18-20H,4-7,9-10,17H2,1-3H3;2*1H3;2*1H;1H2;. The Balaban J connectivity index is 0.00000302. The molecular formula is C56H76Cl2SiZr. The van der Waals surface area contributed by atoms with Crippen molar-refractivity contribution in [2.75, 3.05) is 0 Å². The van der Waals surface area contributed by atoms with Crippen molar-refractivity contribution in [1.82, 2.24) is 0 Å². The van der Waals surface area contributed by atoms with Crippen LogP contribution in [0.4, 0.5) is 0 Å².